The second kappa shape index (κ2) is 10.5. The summed E-state index contributed by atoms with van der Waals surface area (Å²) in [6, 6.07) is 5.98. The van der Waals surface area contributed by atoms with Crippen LogP contribution in [0.15, 0.2) is 24.3 Å². The Balaban J connectivity index is 2.73. The van der Waals surface area contributed by atoms with Crippen molar-refractivity contribution in [1.82, 2.24) is 4.31 Å². The van der Waals surface area contributed by atoms with Gasteiger partial charge in [0.1, 0.15) is 6.54 Å². The van der Waals surface area contributed by atoms with E-state index < -0.39 is 27.5 Å². The number of hydrogen-bond acceptors (Lipinski definition) is 4. The summed E-state index contributed by atoms with van der Waals surface area (Å²) in [4.78, 5) is 0. The number of hydrogen-bond donors (Lipinski definition) is 0. The molecule has 0 unspecified atom stereocenters. The maximum atomic E-state index is 12.8. The molecule has 0 aliphatic heterocycles. The summed E-state index contributed by atoms with van der Waals surface area (Å²) in [7, 11) is -3.91. The van der Waals surface area contributed by atoms with Gasteiger partial charge < -0.3 is 4.74 Å². The highest BCUT2D eigenvalue weighted by Gasteiger charge is 2.31. The second-order valence-corrected chi connectivity index (χ2v) is 7.73. The number of halogens is 3. The molecule has 26 heavy (non-hydrogen) atoms. The lowest BCUT2D eigenvalue weighted by molar-refractivity contribution is -0.137. The van der Waals surface area contributed by atoms with Gasteiger partial charge in [-0.05, 0) is 24.5 Å². The zero-order chi connectivity index (χ0) is 19.6. The van der Waals surface area contributed by atoms with E-state index in [0.29, 0.717) is 19.6 Å². The lowest BCUT2D eigenvalue weighted by atomic mass is 10.1. The third-order valence-electron chi connectivity index (χ3n) is 3.58. The molecule has 1 aromatic carbocycles. The van der Waals surface area contributed by atoms with Crippen molar-refractivity contribution in [3.05, 3.63) is 35.4 Å². The Kier molecular flexibility index (Phi) is 9.05. The molecule has 0 saturated carbocycles. The van der Waals surface area contributed by atoms with Gasteiger partial charge in [0.2, 0.25) is 10.0 Å². The second-order valence-electron chi connectivity index (χ2n) is 5.77. The van der Waals surface area contributed by atoms with Crippen LogP contribution < -0.4 is 0 Å². The summed E-state index contributed by atoms with van der Waals surface area (Å²) in [5, 5.41) is 8.85. The summed E-state index contributed by atoms with van der Waals surface area (Å²) in [5.74, 6) is -0.588. The van der Waals surface area contributed by atoms with E-state index in [2.05, 4.69) is 0 Å². The van der Waals surface area contributed by atoms with E-state index in [1.165, 1.54) is 12.1 Å². The Morgan fingerprint density at radius 2 is 1.92 bits per heavy atom. The van der Waals surface area contributed by atoms with Crippen molar-refractivity contribution in [2.45, 2.75) is 38.1 Å². The number of unbranched alkanes of at least 4 members (excludes halogenated alkanes) is 1. The van der Waals surface area contributed by atoms with Gasteiger partial charge in [-0.3, -0.25) is 0 Å². The van der Waals surface area contributed by atoms with E-state index in [9.17, 15) is 21.6 Å². The van der Waals surface area contributed by atoms with Crippen LogP contribution in [-0.2, 0) is 26.7 Å². The van der Waals surface area contributed by atoms with Gasteiger partial charge in [-0.25, -0.2) is 8.42 Å². The molecule has 0 aliphatic carbocycles. The normalized spacial score (nSPS) is 12.3. The van der Waals surface area contributed by atoms with Crippen molar-refractivity contribution in [2.75, 3.05) is 26.3 Å². The Bertz CT molecular complexity index is 700. The molecule has 0 spiro atoms. The Morgan fingerprint density at radius 3 is 2.54 bits per heavy atom. The Hall–Kier alpha value is -1.63. The van der Waals surface area contributed by atoms with Crippen LogP contribution in [0.4, 0.5) is 13.2 Å². The zero-order valence-corrected chi connectivity index (χ0v) is 15.4. The highest BCUT2D eigenvalue weighted by molar-refractivity contribution is 7.88. The van der Waals surface area contributed by atoms with E-state index in [0.717, 1.165) is 29.3 Å². The largest absolute Gasteiger partial charge is 0.416 e. The number of ether oxygens (including phenoxy) is 1. The fourth-order valence-electron chi connectivity index (χ4n) is 2.23. The summed E-state index contributed by atoms with van der Waals surface area (Å²) >= 11 is 0. The molecule has 0 aromatic heterocycles. The summed E-state index contributed by atoms with van der Waals surface area (Å²) in [5.41, 5.74) is -0.872. The maximum absolute atomic E-state index is 12.8. The van der Waals surface area contributed by atoms with Gasteiger partial charge in [0.05, 0.1) is 17.4 Å². The van der Waals surface area contributed by atoms with Crippen LogP contribution in [0, 0.1) is 11.3 Å². The van der Waals surface area contributed by atoms with Crippen LogP contribution >= 0.6 is 0 Å². The van der Waals surface area contributed by atoms with E-state index in [1.54, 1.807) is 6.07 Å². The van der Waals surface area contributed by atoms with Crippen LogP contribution in [0.5, 0.6) is 0 Å². The third-order valence-corrected chi connectivity index (χ3v) is 5.38. The molecule has 0 bridgehead atoms. The summed E-state index contributed by atoms with van der Waals surface area (Å²) in [6.45, 7) is 2.71. The molecule has 0 amide bonds. The van der Waals surface area contributed by atoms with Crippen LogP contribution in [0.2, 0.25) is 0 Å². The van der Waals surface area contributed by atoms with Gasteiger partial charge in [-0.15, -0.1) is 0 Å². The molecule has 0 saturated heterocycles. The number of nitrogens with zero attached hydrogens (tertiary/aromatic N) is 2. The van der Waals surface area contributed by atoms with E-state index >= 15 is 0 Å². The fourth-order valence-corrected chi connectivity index (χ4v) is 3.67. The maximum Gasteiger partial charge on any atom is 0.416 e. The van der Waals surface area contributed by atoms with Gasteiger partial charge in [0, 0.05) is 19.8 Å². The molecule has 0 aliphatic rings. The van der Waals surface area contributed by atoms with E-state index in [4.69, 9.17) is 10.00 Å². The SMILES string of the molecule is CCCCOCCCN(CC#N)S(=O)(=O)Cc1cccc(C(F)(F)F)c1. The smallest absolute Gasteiger partial charge is 0.381 e. The highest BCUT2D eigenvalue weighted by Crippen LogP contribution is 2.30. The first kappa shape index (κ1) is 22.4. The van der Waals surface area contributed by atoms with Crippen LogP contribution in [0.1, 0.15) is 37.3 Å². The standard InChI is InChI=1S/C17H23F3N2O3S/c1-2-3-11-25-12-5-9-22(10-8-21)26(23,24)14-15-6-4-7-16(13-15)17(18,19)20/h4,6-7,13H,2-3,5,9-12,14H2,1H3. The van der Waals surface area contributed by atoms with E-state index in [1.807, 2.05) is 6.92 Å². The molecule has 0 heterocycles. The topological polar surface area (TPSA) is 70.4 Å². The van der Waals surface area contributed by atoms with Crippen LogP contribution in [0.3, 0.4) is 0 Å². The first-order valence-electron chi connectivity index (χ1n) is 8.29. The average Bonchev–Trinajstić information content (AvgIpc) is 2.56. The van der Waals surface area contributed by atoms with Gasteiger partial charge in [-0.2, -0.15) is 22.7 Å². The van der Waals surface area contributed by atoms with Crippen LogP contribution in [-0.4, -0.2) is 39.0 Å². The number of nitriles is 1. The molecule has 146 valence electrons. The first-order chi connectivity index (χ1) is 12.2. The minimum absolute atomic E-state index is 0.0296. The minimum Gasteiger partial charge on any atom is -0.381 e. The molecule has 0 atom stereocenters. The molecule has 1 aromatic rings. The van der Waals surface area contributed by atoms with Crippen molar-refractivity contribution in [3.8, 4) is 6.07 Å². The van der Waals surface area contributed by atoms with Crippen molar-refractivity contribution < 1.29 is 26.3 Å². The predicted octanol–water partition coefficient (Wildman–Crippen LogP) is 3.57. The van der Waals surface area contributed by atoms with Gasteiger partial charge >= 0.3 is 6.18 Å². The van der Waals surface area contributed by atoms with Crippen molar-refractivity contribution in [1.29, 1.82) is 5.26 Å². The molecule has 1 rings (SSSR count). The highest BCUT2D eigenvalue weighted by atomic mass is 32.2. The van der Waals surface area contributed by atoms with Crippen molar-refractivity contribution in [2.24, 2.45) is 0 Å². The quantitative estimate of drug-likeness (QED) is 0.426. The minimum atomic E-state index is -4.54. The average molecular weight is 392 g/mol. The van der Waals surface area contributed by atoms with Crippen molar-refractivity contribution in [3.63, 3.8) is 0 Å². The molecule has 0 N–H and O–H groups in total. The number of sulfonamides is 1. The van der Waals surface area contributed by atoms with Gasteiger partial charge in [0.15, 0.2) is 0 Å². The van der Waals surface area contributed by atoms with E-state index in [-0.39, 0.29) is 18.7 Å². The molecular formula is C17H23F3N2O3S. The van der Waals surface area contributed by atoms with Gasteiger partial charge in [0.25, 0.3) is 0 Å². The lowest BCUT2D eigenvalue weighted by Gasteiger charge is -2.19. The molecule has 0 fully saturated rings. The monoisotopic (exact) mass is 392 g/mol. The predicted molar refractivity (Wildman–Crippen MR) is 91.6 cm³/mol. The third kappa shape index (κ3) is 7.72. The molecule has 5 nitrogen and oxygen atoms in total. The number of benzene rings is 1. The number of rotatable bonds is 11. The summed E-state index contributed by atoms with van der Waals surface area (Å²) < 4.78 is 69.6. The Labute approximate surface area is 152 Å². The number of alkyl halides is 3. The van der Waals surface area contributed by atoms with Crippen molar-refractivity contribution >= 4 is 10.0 Å². The van der Waals surface area contributed by atoms with Gasteiger partial charge in [-0.1, -0.05) is 31.5 Å². The molecular weight excluding hydrogens is 369 g/mol. The molecule has 9 heteroatoms. The van der Waals surface area contributed by atoms with Crippen LogP contribution in [0.25, 0.3) is 0 Å². The lowest BCUT2D eigenvalue weighted by Crippen LogP contribution is -2.34. The summed E-state index contributed by atoms with van der Waals surface area (Å²) in [6.07, 6.45) is -2.23. The Morgan fingerprint density at radius 1 is 1.23 bits per heavy atom. The molecule has 0 radical (unpaired) electrons. The first-order valence-corrected chi connectivity index (χ1v) is 9.90. The fraction of sp³-hybridized carbons (Fsp3) is 0.588. The zero-order valence-electron chi connectivity index (χ0n) is 14.6.